The van der Waals surface area contributed by atoms with Crippen molar-refractivity contribution in [1.29, 1.82) is 0 Å². The molecule has 2 fully saturated rings. The van der Waals surface area contributed by atoms with Crippen LogP contribution >= 0.6 is 0 Å². The molecule has 2 rings (SSSR count). The van der Waals surface area contributed by atoms with Gasteiger partial charge in [-0.25, -0.2) is 0 Å². The molecule has 0 aromatic heterocycles. The molecule has 0 spiro atoms. The zero-order chi connectivity index (χ0) is 12.6. The first kappa shape index (κ1) is 12.4. The van der Waals surface area contributed by atoms with Crippen molar-refractivity contribution < 1.29 is 14.3 Å². The Hall–Kier alpha value is -1.10. The van der Waals surface area contributed by atoms with Crippen molar-refractivity contribution in [3.8, 4) is 0 Å². The van der Waals surface area contributed by atoms with Gasteiger partial charge in [0.15, 0.2) is 0 Å². The Bertz CT molecular complexity index is 329. The predicted octanol–water partition coefficient (Wildman–Crippen LogP) is 0.148. The highest BCUT2D eigenvalue weighted by Gasteiger charge is 2.45. The number of piperazine rings is 1. The molecule has 0 aromatic carbocycles. The summed E-state index contributed by atoms with van der Waals surface area (Å²) in [5, 5.41) is 2.67. The van der Waals surface area contributed by atoms with Crippen LogP contribution in [-0.4, -0.2) is 48.6 Å². The molecular weight excluding hydrogens is 220 g/mol. The second-order valence-corrected chi connectivity index (χ2v) is 5.80. The molecule has 1 N–H and O–H groups in total. The van der Waals surface area contributed by atoms with E-state index in [1.165, 1.54) is 0 Å². The number of ether oxygens (including phenoxy) is 1. The number of carbonyl (C=O) groups excluding carboxylic acids is 2. The molecule has 2 amide bonds. The number of amides is 2. The fraction of sp³-hybridized carbons (Fsp3) is 0.833. The van der Waals surface area contributed by atoms with Crippen LogP contribution in [-0.2, 0) is 14.3 Å². The van der Waals surface area contributed by atoms with Crippen LogP contribution in [0.4, 0.5) is 0 Å². The molecule has 2 aliphatic rings. The van der Waals surface area contributed by atoms with E-state index >= 15 is 0 Å². The lowest BCUT2D eigenvalue weighted by atomic mass is 9.83. The quantitative estimate of drug-likeness (QED) is 0.709. The summed E-state index contributed by atoms with van der Waals surface area (Å²) in [7, 11) is 0. The fourth-order valence-electron chi connectivity index (χ4n) is 2.59. The van der Waals surface area contributed by atoms with E-state index in [1.54, 1.807) is 4.90 Å². The van der Waals surface area contributed by atoms with E-state index in [0.29, 0.717) is 13.2 Å². The lowest BCUT2D eigenvalue weighted by Gasteiger charge is -2.44. The van der Waals surface area contributed by atoms with Gasteiger partial charge in [-0.05, 0) is 11.8 Å². The molecule has 2 unspecified atom stereocenters. The van der Waals surface area contributed by atoms with Gasteiger partial charge in [-0.2, -0.15) is 0 Å². The van der Waals surface area contributed by atoms with Crippen molar-refractivity contribution in [2.45, 2.75) is 39.3 Å². The Balaban J connectivity index is 2.27. The van der Waals surface area contributed by atoms with Crippen molar-refractivity contribution in [2.75, 3.05) is 19.8 Å². The number of nitrogens with one attached hydrogen (secondary N) is 1. The fourth-order valence-corrected chi connectivity index (χ4v) is 2.59. The van der Waals surface area contributed by atoms with Crippen molar-refractivity contribution in [3.05, 3.63) is 0 Å². The Morgan fingerprint density at radius 2 is 2.06 bits per heavy atom. The zero-order valence-corrected chi connectivity index (χ0v) is 10.7. The van der Waals surface area contributed by atoms with Gasteiger partial charge in [-0.15, -0.1) is 0 Å². The third kappa shape index (κ3) is 2.29. The highest BCUT2D eigenvalue weighted by atomic mass is 16.5. The van der Waals surface area contributed by atoms with E-state index in [4.69, 9.17) is 4.74 Å². The van der Waals surface area contributed by atoms with E-state index in [0.717, 1.165) is 6.42 Å². The van der Waals surface area contributed by atoms with E-state index in [1.807, 2.05) is 20.8 Å². The molecule has 0 aromatic rings. The number of rotatable bonds is 1. The normalized spacial score (nSPS) is 30.6. The van der Waals surface area contributed by atoms with Crippen LogP contribution in [0.2, 0.25) is 0 Å². The lowest BCUT2D eigenvalue weighted by Crippen LogP contribution is -2.65. The molecule has 0 aliphatic carbocycles. The summed E-state index contributed by atoms with van der Waals surface area (Å²) in [6.07, 6.45) is 0.825. The zero-order valence-electron chi connectivity index (χ0n) is 10.7. The van der Waals surface area contributed by atoms with Crippen LogP contribution < -0.4 is 5.32 Å². The second kappa shape index (κ2) is 4.29. The van der Waals surface area contributed by atoms with E-state index in [-0.39, 0.29) is 29.8 Å². The van der Waals surface area contributed by atoms with Gasteiger partial charge in [0.05, 0.1) is 19.2 Å². The molecule has 0 saturated carbocycles. The molecule has 0 bridgehead atoms. The Labute approximate surface area is 101 Å². The summed E-state index contributed by atoms with van der Waals surface area (Å²) < 4.78 is 5.33. The lowest BCUT2D eigenvalue weighted by molar-refractivity contribution is -0.153. The predicted molar refractivity (Wildman–Crippen MR) is 62.3 cm³/mol. The third-order valence-corrected chi connectivity index (χ3v) is 3.35. The van der Waals surface area contributed by atoms with Gasteiger partial charge >= 0.3 is 0 Å². The van der Waals surface area contributed by atoms with Gasteiger partial charge in [0.1, 0.15) is 6.04 Å². The maximum absolute atomic E-state index is 12.0. The smallest absolute Gasteiger partial charge is 0.243 e. The summed E-state index contributed by atoms with van der Waals surface area (Å²) >= 11 is 0. The average Bonchev–Trinajstić information content (AvgIpc) is 2.72. The standard InChI is InChI=1S/C12H20N2O3/c1-12(2,3)10-11(16)13-6-9(15)14(10)8-4-5-17-7-8/h8,10H,4-7H2,1-3H3,(H,13,16). The summed E-state index contributed by atoms with van der Waals surface area (Å²) in [6, 6.07) is -0.340. The molecule has 17 heavy (non-hydrogen) atoms. The monoisotopic (exact) mass is 240 g/mol. The van der Waals surface area contributed by atoms with Gasteiger partial charge < -0.3 is 15.0 Å². The second-order valence-electron chi connectivity index (χ2n) is 5.80. The molecule has 0 radical (unpaired) electrons. The van der Waals surface area contributed by atoms with Gasteiger partial charge in [-0.3, -0.25) is 9.59 Å². The topological polar surface area (TPSA) is 58.6 Å². The Kier molecular flexibility index (Phi) is 3.12. The number of nitrogens with zero attached hydrogens (tertiary/aromatic N) is 1. The van der Waals surface area contributed by atoms with Crippen LogP contribution in [0.15, 0.2) is 0 Å². The summed E-state index contributed by atoms with van der Waals surface area (Å²) in [4.78, 5) is 25.8. The van der Waals surface area contributed by atoms with Crippen LogP contribution in [0, 0.1) is 5.41 Å². The van der Waals surface area contributed by atoms with E-state index < -0.39 is 6.04 Å². The minimum atomic E-state index is -0.393. The maximum Gasteiger partial charge on any atom is 0.243 e. The highest BCUT2D eigenvalue weighted by Crippen LogP contribution is 2.30. The molecule has 2 atom stereocenters. The average molecular weight is 240 g/mol. The summed E-state index contributed by atoms with van der Waals surface area (Å²) in [5.74, 6) is -0.0518. The van der Waals surface area contributed by atoms with Crippen LogP contribution in [0.3, 0.4) is 0 Å². The third-order valence-electron chi connectivity index (χ3n) is 3.35. The molecule has 96 valence electrons. The number of hydrogen-bond donors (Lipinski definition) is 1. The minimum Gasteiger partial charge on any atom is -0.379 e. The van der Waals surface area contributed by atoms with E-state index in [2.05, 4.69) is 5.32 Å². The first-order valence-corrected chi connectivity index (χ1v) is 6.08. The number of hydrogen-bond acceptors (Lipinski definition) is 3. The van der Waals surface area contributed by atoms with Crippen molar-refractivity contribution in [1.82, 2.24) is 10.2 Å². The molecule has 2 aliphatic heterocycles. The molecule has 2 heterocycles. The first-order chi connectivity index (χ1) is 7.91. The van der Waals surface area contributed by atoms with Crippen molar-refractivity contribution in [3.63, 3.8) is 0 Å². The van der Waals surface area contributed by atoms with Crippen molar-refractivity contribution >= 4 is 11.8 Å². The largest absolute Gasteiger partial charge is 0.379 e. The van der Waals surface area contributed by atoms with Crippen LogP contribution in [0.1, 0.15) is 27.2 Å². The van der Waals surface area contributed by atoms with Gasteiger partial charge in [0.25, 0.3) is 0 Å². The van der Waals surface area contributed by atoms with Crippen LogP contribution in [0.5, 0.6) is 0 Å². The Morgan fingerprint density at radius 1 is 1.35 bits per heavy atom. The molecule has 2 saturated heterocycles. The molecule has 5 heteroatoms. The SMILES string of the molecule is CC(C)(C)C1C(=O)NCC(=O)N1C1CCOC1. The Morgan fingerprint density at radius 3 is 2.59 bits per heavy atom. The van der Waals surface area contributed by atoms with E-state index in [9.17, 15) is 9.59 Å². The van der Waals surface area contributed by atoms with Gasteiger partial charge in [-0.1, -0.05) is 20.8 Å². The minimum absolute atomic E-state index is 0.0000231. The van der Waals surface area contributed by atoms with Gasteiger partial charge in [0.2, 0.25) is 11.8 Å². The highest BCUT2D eigenvalue weighted by molar-refractivity contribution is 5.95. The molecular formula is C12H20N2O3. The summed E-state index contributed by atoms with van der Waals surface area (Å²) in [6.45, 7) is 7.29. The van der Waals surface area contributed by atoms with Crippen molar-refractivity contribution in [2.24, 2.45) is 5.41 Å². The number of carbonyl (C=O) groups is 2. The van der Waals surface area contributed by atoms with Crippen LogP contribution in [0.25, 0.3) is 0 Å². The first-order valence-electron chi connectivity index (χ1n) is 6.08. The summed E-state index contributed by atoms with van der Waals surface area (Å²) in [5.41, 5.74) is -0.261. The molecule has 5 nitrogen and oxygen atoms in total. The maximum atomic E-state index is 12.0. The van der Waals surface area contributed by atoms with Gasteiger partial charge in [0, 0.05) is 6.61 Å².